The van der Waals surface area contributed by atoms with Gasteiger partial charge in [0.25, 0.3) is 0 Å². The third-order valence-corrected chi connectivity index (χ3v) is 5.02. The Balaban J connectivity index is 2.29. The third kappa shape index (κ3) is 4.27. The SMILES string of the molecule is Cc1cc(Cl)ccc1NC(=O)[C@@H](C)N(c1ccccc1)S(C)(=O)=O. The van der Waals surface area contributed by atoms with Crippen LogP contribution in [-0.4, -0.2) is 26.6 Å². The Bertz CT molecular complexity index is 838. The zero-order chi connectivity index (χ0) is 17.9. The van der Waals surface area contributed by atoms with Gasteiger partial charge in [-0.05, 0) is 49.7 Å². The van der Waals surface area contributed by atoms with Crippen LogP contribution in [0.5, 0.6) is 0 Å². The van der Waals surface area contributed by atoms with Crippen LogP contribution in [0, 0.1) is 6.92 Å². The van der Waals surface area contributed by atoms with Crippen molar-refractivity contribution in [3.05, 3.63) is 59.1 Å². The number of hydrogen-bond acceptors (Lipinski definition) is 3. The number of nitrogens with one attached hydrogen (secondary N) is 1. The molecule has 0 aromatic heterocycles. The fourth-order valence-corrected chi connectivity index (χ4v) is 3.79. The molecular formula is C17H19ClN2O3S. The van der Waals surface area contributed by atoms with E-state index in [2.05, 4.69) is 5.32 Å². The highest BCUT2D eigenvalue weighted by molar-refractivity contribution is 7.92. The van der Waals surface area contributed by atoms with Gasteiger partial charge in [-0.3, -0.25) is 9.10 Å². The fourth-order valence-electron chi connectivity index (χ4n) is 2.39. The number of hydrogen-bond donors (Lipinski definition) is 1. The van der Waals surface area contributed by atoms with E-state index >= 15 is 0 Å². The van der Waals surface area contributed by atoms with Crippen LogP contribution in [0.2, 0.25) is 5.02 Å². The Morgan fingerprint density at radius 2 is 1.79 bits per heavy atom. The van der Waals surface area contributed by atoms with E-state index in [1.54, 1.807) is 55.5 Å². The average Bonchev–Trinajstić information content (AvgIpc) is 2.49. The van der Waals surface area contributed by atoms with Gasteiger partial charge in [0.05, 0.1) is 11.9 Å². The van der Waals surface area contributed by atoms with E-state index in [0.717, 1.165) is 16.1 Å². The molecule has 0 aliphatic carbocycles. The molecule has 0 heterocycles. The second-order valence-corrected chi connectivity index (χ2v) is 7.81. The Morgan fingerprint density at radius 1 is 1.17 bits per heavy atom. The predicted molar refractivity (Wildman–Crippen MR) is 98.0 cm³/mol. The topological polar surface area (TPSA) is 66.5 Å². The highest BCUT2D eigenvalue weighted by Gasteiger charge is 2.29. The number of aryl methyl sites for hydroxylation is 1. The first-order chi connectivity index (χ1) is 11.2. The molecule has 0 saturated heterocycles. The Labute approximate surface area is 147 Å². The zero-order valence-corrected chi connectivity index (χ0v) is 15.2. The molecule has 1 atom stereocenters. The van der Waals surface area contributed by atoms with Crippen LogP contribution in [0.1, 0.15) is 12.5 Å². The van der Waals surface area contributed by atoms with Crippen LogP contribution in [0.3, 0.4) is 0 Å². The van der Waals surface area contributed by atoms with E-state index in [1.807, 2.05) is 6.92 Å². The number of benzene rings is 2. The minimum atomic E-state index is -3.62. The summed E-state index contributed by atoms with van der Waals surface area (Å²) in [6, 6.07) is 12.7. The summed E-state index contributed by atoms with van der Waals surface area (Å²) >= 11 is 5.91. The molecule has 1 amide bonds. The average molecular weight is 367 g/mol. The van der Waals surface area contributed by atoms with Crippen molar-refractivity contribution in [2.24, 2.45) is 0 Å². The first-order valence-electron chi connectivity index (χ1n) is 7.31. The van der Waals surface area contributed by atoms with Crippen molar-refractivity contribution in [2.45, 2.75) is 19.9 Å². The maximum Gasteiger partial charge on any atom is 0.248 e. The first-order valence-corrected chi connectivity index (χ1v) is 9.54. The molecule has 0 unspecified atom stereocenters. The van der Waals surface area contributed by atoms with Crippen molar-refractivity contribution in [1.29, 1.82) is 0 Å². The molecule has 2 aromatic rings. The van der Waals surface area contributed by atoms with E-state index in [-0.39, 0.29) is 0 Å². The molecule has 7 heteroatoms. The number of carbonyl (C=O) groups is 1. The van der Waals surface area contributed by atoms with Gasteiger partial charge < -0.3 is 5.32 Å². The molecular weight excluding hydrogens is 348 g/mol. The van der Waals surface area contributed by atoms with E-state index < -0.39 is 22.0 Å². The Hall–Kier alpha value is -2.05. The second kappa shape index (κ2) is 7.23. The lowest BCUT2D eigenvalue weighted by Gasteiger charge is -2.28. The van der Waals surface area contributed by atoms with E-state index in [4.69, 9.17) is 11.6 Å². The molecule has 0 aliphatic heterocycles. The number of amides is 1. The number of sulfonamides is 1. The second-order valence-electron chi connectivity index (χ2n) is 5.52. The molecule has 1 N–H and O–H groups in total. The highest BCUT2D eigenvalue weighted by Crippen LogP contribution is 2.23. The summed E-state index contributed by atoms with van der Waals surface area (Å²) in [4.78, 5) is 12.6. The standard InChI is InChI=1S/C17H19ClN2O3S/c1-12-11-14(18)9-10-16(12)19-17(21)13(2)20(24(3,22)23)15-7-5-4-6-8-15/h4-11,13H,1-3H3,(H,19,21)/t13-/m1/s1. The molecule has 2 rings (SSSR count). The van der Waals surface area contributed by atoms with Gasteiger partial charge >= 0.3 is 0 Å². The maximum absolute atomic E-state index is 12.6. The van der Waals surface area contributed by atoms with Crippen molar-refractivity contribution in [3.63, 3.8) is 0 Å². The molecule has 24 heavy (non-hydrogen) atoms. The molecule has 2 aromatic carbocycles. The lowest BCUT2D eigenvalue weighted by Crippen LogP contribution is -2.45. The van der Waals surface area contributed by atoms with Crippen molar-refractivity contribution in [2.75, 3.05) is 15.9 Å². The van der Waals surface area contributed by atoms with Gasteiger partial charge in [-0.25, -0.2) is 8.42 Å². The number of halogens is 1. The van der Waals surface area contributed by atoms with Gasteiger partial charge in [-0.2, -0.15) is 0 Å². The van der Waals surface area contributed by atoms with Gasteiger partial charge in [0.2, 0.25) is 15.9 Å². The number of carbonyl (C=O) groups excluding carboxylic acids is 1. The van der Waals surface area contributed by atoms with Crippen molar-refractivity contribution in [1.82, 2.24) is 0 Å². The molecule has 0 spiro atoms. The van der Waals surface area contributed by atoms with Gasteiger partial charge in [-0.1, -0.05) is 29.8 Å². The molecule has 0 aliphatic rings. The number of rotatable bonds is 5. The third-order valence-electron chi connectivity index (χ3n) is 3.55. The predicted octanol–water partition coefficient (Wildman–Crippen LogP) is 3.44. The normalized spacial score (nSPS) is 12.5. The summed E-state index contributed by atoms with van der Waals surface area (Å²) in [5, 5.41) is 3.33. The molecule has 5 nitrogen and oxygen atoms in total. The van der Waals surface area contributed by atoms with Gasteiger partial charge in [-0.15, -0.1) is 0 Å². The van der Waals surface area contributed by atoms with Gasteiger partial charge in [0.15, 0.2) is 0 Å². The minimum Gasteiger partial charge on any atom is -0.324 e. The number of para-hydroxylation sites is 1. The number of anilines is 2. The van der Waals surface area contributed by atoms with Crippen LogP contribution >= 0.6 is 11.6 Å². The summed E-state index contributed by atoms with van der Waals surface area (Å²) in [6.45, 7) is 3.37. The van der Waals surface area contributed by atoms with Crippen molar-refractivity contribution in [3.8, 4) is 0 Å². The van der Waals surface area contributed by atoms with E-state index in [0.29, 0.717) is 16.4 Å². The Kier molecular flexibility index (Phi) is 5.51. The smallest absolute Gasteiger partial charge is 0.248 e. The molecule has 0 radical (unpaired) electrons. The van der Waals surface area contributed by atoms with E-state index in [9.17, 15) is 13.2 Å². The lowest BCUT2D eigenvalue weighted by molar-refractivity contribution is -0.116. The van der Waals surface area contributed by atoms with Crippen molar-refractivity contribution >= 4 is 38.9 Å². The number of nitrogens with zero attached hydrogens (tertiary/aromatic N) is 1. The highest BCUT2D eigenvalue weighted by atomic mass is 35.5. The fraction of sp³-hybridized carbons (Fsp3) is 0.235. The summed E-state index contributed by atoms with van der Waals surface area (Å²) in [5.41, 5.74) is 1.84. The molecule has 0 fully saturated rings. The Morgan fingerprint density at radius 3 is 2.33 bits per heavy atom. The summed E-state index contributed by atoms with van der Waals surface area (Å²) in [7, 11) is -3.62. The van der Waals surface area contributed by atoms with Crippen molar-refractivity contribution < 1.29 is 13.2 Å². The van der Waals surface area contributed by atoms with E-state index in [1.165, 1.54) is 0 Å². The maximum atomic E-state index is 12.6. The zero-order valence-electron chi connectivity index (χ0n) is 13.7. The summed E-state index contributed by atoms with van der Waals surface area (Å²) < 4.78 is 25.4. The van der Waals surface area contributed by atoms with Gasteiger partial charge in [0.1, 0.15) is 6.04 Å². The summed E-state index contributed by atoms with van der Waals surface area (Å²) in [6.07, 6.45) is 1.08. The van der Waals surface area contributed by atoms with Crippen LogP contribution in [0.25, 0.3) is 0 Å². The molecule has 128 valence electrons. The minimum absolute atomic E-state index is 0.422. The molecule has 0 saturated carbocycles. The summed E-state index contributed by atoms with van der Waals surface area (Å²) in [5.74, 6) is -0.422. The van der Waals surface area contributed by atoms with Crippen LogP contribution in [0.15, 0.2) is 48.5 Å². The van der Waals surface area contributed by atoms with Crippen LogP contribution < -0.4 is 9.62 Å². The quantitative estimate of drug-likeness (QED) is 0.881. The lowest BCUT2D eigenvalue weighted by atomic mass is 10.2. The molecule has 0 bridgehead atoms. The first kappa shape index (κ1) is 18.3. The van der Waals surface area contributed by atoms with Gasteiger partial charge in [0, 0.05) is 10.7 Å². The largest absolute Gasteiger partial charge is 0.324 e. The monoisotopic (exact) mass is 366 g/mol. The van der Waals surface area contributed by atoms with Crippen LogP contribution in [0.4, 0.5) is 11.4 Å². The van der Waals surface area contributed by atoms with Crippen LogP contribution in [-0.2, 0) is 14.8 Å².